The summed E-state index contributed by atoms with van der Waals surface area (Å²) >= 11 is 0. The lowest BCUT2D eigenvalue weighted by atomic mass is 9.94. The number of methoxy groups -OCH3 is 1. The molecule has 1 N–H and O–H groups in total. The molecule has 1 amide bonds. The molecule has 0 aliphatic carbocycles. The zero-order valence-electron chi connectivity index (χ0n) is 14.5. The highest BCUT2D eigenvalue weighted by Crippen LogP contribution is 2.26. The van der Waals surface area contributed by atoms with Crippen molar-refractivity contribution in [2.24, 2.45) is 0 Å². The molecule has 0 spiro atoms. The molecular weight excluding hydrogens is 308 g/mol. The van der Waals surface area contributed by atoms with Crippen molar-refractivity contribution in [3.63, 3.8) is 0 Å². The van der Waals surface area contributed by atoms with E-state index in [1.54, 1.807) is 13.3 Å². The van der Waals surface area contributed by atoms with Crippen LogP contribution in [-0.4, -0.2) is 30.3 Å². The average molecular weight is 332 g/mol. The summed E-state index contributed by atoms with van der Waals surface area (Å²) in [7, 11) is 1.65. The van der Waals surface area contributed by atoms with E-state index in [0.29, 0.717) is 19.0 Å². The summed E-state index contributed by atoms with van der Waals surface area (Å²) in [4.78, 5) is 16.2. The lowest BCUT2D eigenvalue weighted by Crippen LogP contribution is -2.35. The van der Waals surface area contributed by atoms with E-state index in [9.17, 15) is 4.79 Å². The van der Waals surface area contributed by atoms with Crippen LogP contribution in [0.3, 0.4) is 0 Å². The predicted molar refractivity (Wildman–Crippen MR) is 89.7 cm³/mol. The van der Waals surface area contributed by atoms with Crippen LogP contribution >= 0.6 is 0 Å². The predicted octanol–water partition coefficient (Wildman–Crippen LogP) is 3.48. The molecule has 1 atom stereocenters. The van der Waals surface area contributed by atoms with Gasteiger partial charge >= 0.3 is 6.09 Å². The van der Waals surface area contributed by atoms with Gasteiger partial charge in [0.1, 0.15) is 11.9 Å². The van der Waals surface area contributed by atoms with Gasteiger partial charge in [-0.15, -0.1) is 0 Å². The molecule has 0 bridgehead atoms. The lowest BCUT2D eigenvalue weighted by Gasteiger charge is -2.22. The Morgan fingerprint density at radius 1 is 1.33 bits per heavy atom. The molecule has 2 aromatic rings. The van der Waals surface area contributed by atoms with E-state index in [1.165, 1.54) is 6.26 Å². The van der Waals surface area contributed by atoms with Crippen molar-refractivity contribution < 1.29 is 18.7 Å². The van der Waals surface area contributed by atoms with Crippen molar-refractivity contribution in [1.82, 2.24) is 10.3 Å². The number of benzene rings is 1. The van der Waals surface area contributed by atoms with Crippen LogP contribution in [0.4, 0.5) is 4.79 Å². The fourth-order valence-corrected chi connectivity index (χ4v) is 2.40. The summed E-state index contributed by atoms with van der Waals surface area (Å²) in [5.41, 5.74) is 1.48. The summed E-state index contributed by atoms with van der Waals surface area (Å²) < 4.78 is 16.0. The van der Waals surface area contributed by atoms with Gasteiger partial charge in [0.15, 0.2) is 0 Å². The number of oxazole rings is 1. The molecule has 1 aromatic heterocycles. The molecule has 0 saturated carbocycles. The fourth-order valence-electron chi connectivity index (χ4n) is 2.40. The lowest BCUT2D eigenvalue weighted by molar-refractivity contribution is 0.0525. The van der Waals surface area contributed by atoms with Gasteiger partial charge in [0, 0.05) is 13.7 Å². The van der Waals surface area contributed by atoms with E-state index in [0.717, 1.165) is 11.1 Å². The Balaban J connectivity index is 2.20. The summed E-state index contributed by atoms with van der Waals surface area (Å²) in [6, 6.07) is 7.87. The largest absolute Gasteiger partial charge is 0.448 e. The number of amides is 1. The number of hydrogen-bond donors (Lipinski definition) is 1. The van der Waals surface area contributed by atoms with Gasteiger partial charge in [-0.05, 0) is 31.9 Å². The minimum Gasteiger partial charge on any atom is -0.448 e. The van der Waals surface area contributed by atoms with Crippen molar-refractivity contribution in [3.8, 4) is 0 Å². The zero-order chi connectivity index (χ0) is 17.6. The third-order valence-electron chi connectivity index (χ3n) is 3.33. The number of nitrogens with one attached hydrogen (secondary N) is 1. The maximum absolute atomic E-state index is 12.0. The van der Waals surface area contributed by atoms with Crippen LogP contribution in [-0.2, 0) is 16.1 Å². The number of rotatable bonds is 6. The minimum absolute atomic E-state index is 0.223. The van der Waals surface area contributed by atoms with Crippen molar-refractivity contribution in [3.05, 3.63) is 53.7 Å². The Morgan fingerprint density at radius 3 is 2.71 bits per heavy atom. The van der Waals surface area contributed by atoms with Gasteiger partial charge in [0.2, 0.25) is 5.89 Å². The highest BCUT2D eigenvalue weighted by Gasteiger charge is 2.23. The smallest absolute Gasteiger partial charge is 0.407 e. The van der Waals surface area contributed by atoms with Crippen LogP contribution in [0.2, 0.25) is 0 Å². The Morgan fingerprint density at radius 2 is 2.08 bits per heavy atom. The molecule has 1 heterocycles. The topological polar surface area (TPSA) is 73.6 Å². The van der Waals surface area contributed by atoms with E-state index in [2.05, 4.69) is 10.3 Å². The number of ether oxygens (including phenoxy) is 2. The first-order valence-electron chi connectivity index (χ1n) is 7.83. The minimum atomic E-state index is -0.545. The standard InChI is InChI=1S/C18H24N2O4/c1-18(2,3)24-17(21)20-11-15(16-19-9-10-23-16)14-8-6-5-7-13(14)12-22-4/h5-10,15H,11-12H2,1-4H3,(H,20,21). The molecule has 1 unspecified atom stereocenters. The van der Waals surface area contributed by atoms with Gasteiger partial charge in [-0.2, -0.15) is 0 Å². The Bertz CT molecular complexity index is 647. The summed E-state index contributed by atoms with van der Waals surface area (Å²) in [6.07, 6.45) is 2.65. The first kappa shape index (κ1) is 18.0. The first-order chi connectivity index (χ1) is 11.4. The molecule has 1 aromatic carbocycles. The highest BCUT2D eigenvalue weighted by atomic mass is 16.6. The van der Waals surface area contributed by atoms with Crippen molar-refractivity contribution in [2.45, 2.75) is 38.9 Å². The molecule has 24 heavy (non-hydrogen) atoms. The Labute approximate surface area is 142 Å². The number of carbonyl (C=O) groups excluding carboxylic acids is 1. The molecule has 6 nitrogen and oxygen atoms in total. The maximum Gasteiger partial charge on any atom is 0.407 e. The van der Waals surface area contributed by atoms with Crippen molar-refractivity contribution >= 4 is 6.09 Å². The summed E-state index contributed by atoms with van der Waals surface area (Å²) in [5, 5.41) is 2.79. The zero-order valence-corrected chi connectivity index (χ0v) is 14.5. The normalized spacial score (nSPS) is 12.7. The molecule has 0 aliphatic rings. The van der Waals surface area contributed by atoms with Gasteiger partial charge in [-0.1, -0.05) is 24.3 Å². The van der Waals surface area contributed by atoms with Crippen molar-refractivity contribution in [1.29, 1.82) is 0 Å². The van der Waals surface area contributed by atoms with E-state index < -0.39 is 11.7 Å². The highest BCUT2D eigenvalue weighted by molar-refractivity contribution is 5.67. The number of aromatic nitrogens is 1. The fraction of sp³-hybridized carbons (Fsp3) is 0.444. The van der Waals surface area contributed by atoms with E-state index in [1.807, 2.05) is 45.0 Å². The third-order valence-corrected chi connectivity index (χ3v) is 3.33. The number of hydrogen-bond acceptors (Lipinski definition) is 5. The quantitative estimate of drug-likeness (QED) is 0.876. The third kappa shape index (κ3) is 5.09. The van der Waals surface area contributed by atoms with E-state index >= 15 is 0 Å². The van der Waals surface area contributed by atoms with Crippen LogP contribution in [0, 0.1) is 0 Å². The average Bonchev–Trinajstić information content (AvgIpc) is 3.01. The second-order valence-corrected chi connectivity index (χ2v) is 6.44. The van der Waals surface area contributed by atoms with E-state index in [4.69, 9.17) is 13.9 Å². The molecule has 2 rings (SSSR count). The monoisotopic (exact) mass is 332 g/mol. The second-order valence-electron chi connectivity index (χ2n) is 6.44. The van der Waals surface area contributed by atoms with Crippen molar-refractivity contribution in [2.75, 3.05) is 13.7 Å². The Kier molecular flexibility index (Phi) is 5.98. The van der Waals surface area contributed by atoms with Crippen LogP contribution in [0.5, 0.6) is 0 Å². The molecule has 0 fully saturated rings. The number of alkyl carbamates (subject to hydrolysis) is 1. The SMILES string of the molecule is COCc1ccccc1C(CNC(=O)OC(C)(C)C)c1ncco1. The molecule has 0 saturated heterocycles. The van der Waals surface area contributed by atoms with E-state index in [-0.39, 0.29) is 5.92 Å². The maximum atomic E-state index is 12.0. The Hall–Kier alpha value is -2.34. The molecule has 0 radical (unpaired) electrons. The second kappa shape index (κ2) is 7.97. The summed E-state index contributed by atoms with van der Waals surface area (Å²) in [6.45, 7) is 6.26. The molecule has 6 heteroatoms. The van der Waals surface area contributed by atoms with Gasteiger partial charge in [0.05, 0.1) is 18.7 Å². The first-order valence-corrected chi connectivity index (χ1v) is 7.83. The van der Waals surface area contributed by atoms with Crippen LogP contribution in [0.15, 0.2) is 41.1 Å². The molecule has 0 aliphatic heterocycles. The molecular formula is C18H24N2O4. The van der Waals surface area contributed by atoms with Gasteiger partial charge < -0.3 is 19.2 Å². The van der Waals surface area contributed by atoms with Crippen LogP contribution in [0.1, 0.15) is 43.7 Å². The van der Waals surface area contributed by atoms with Crippen LogP contribution in [0.25, 0.3) is 0 Å². The molecule has 130 valence electrons. The van der Waals surface area contributed by atoms with Gasteiger partial charge in [-0.3, -0.25) is 0 Å². The van der Waals surface area contributed by atoms with Gasteiger partial charge in [-0.25, -0.2) is 9.78 Å². The van der Waals surface area contributed by atoms with Gasteiger partial charge in [0.25, 0.3) is 0 Å². The summed E-state index contributed by atoms with van der Waals surface area (Å²) in [5.74, 6) is 0.313. The van der Waals surface area contributed by atoms with Crippen LogP contribution < -0.4 is 5.32 Å². The number of nitrogens with zero attached hydrogens (tertiary/aromatic N) is 1. The number of carbonyl (C=O) groups is 1.